The van der Waals surface area contributed by atoms with Crippen LogP contribution in [0.4, 0.5) is 5.69 Å². The molecule has 158 valence electrons. The van der Waals surface area contributed by atoms with Gasteiger partial charge in [-0.3, -0.25) is 19.7 Å². The maximum Gasteiger partial charge on any atom is 0.271 e. The highest BCUT2D eigenvalue weighted by molar-refractivity contribution is 6.00. The summed E-state index contributed by atoms with van der Waals surface area (Å²) < 4.78 is 11.3. The molecule has 1 aromatic carbocycles. The first-order chi connectivity index (χ1) is 13.6. The molecule has 0 aliphatic carbocycles. The number of carbonyl (C=O) groups excluding carboxylic acids is 2. The number of hydrogen-bond donors (Lipinski definition) is 0. The molecule has 2 aliphatic heterocycles. The number of hydrogen-bond acceptors (Lipinski definition) is 6. The minimum absolute atomic E-state index is 0.126. The first-order valence-electron chi connectivity index (χ1n) is 9.83. The van der Waals surface area contributed by atoms with Gasteiger partial charge in [-0.1, -0.05) is 0 Å². The van der Waals surface area contributed by atoms with Crippen LogP contribution in [0.5, 0.6) is 0 Å². The Morgan fingerprint density at radius 3 is 1.48 bits per heavy atom. The molecule has 0 spiro atoms. The quantitative estimate of drug-likeness (QED) is 0.564. The van der Waals surface area contributed by atoms with Crippen molar-refractivity contribution in [2.24, 2.45) is 0 Å². The summed E-state index contributed by atoms with van der Waals surface area (Å²) in [6, 6.07) is 3.91. The van der Waals surface area contributed by atoms with Gasteiger partial charge in [0.2, 0.25) is 0 Å². The lowest BCUT2D eigenvalue weighted by atomic mass is 10.1. The summed E-state index contributed by atoms with van der Waals surface area (Å²) in [7, 11) is 0. The molecule has 2 aliphatic rings. The molecular weight excluding hydrogens is 378 g/mol. The van der Waals surface area contributed by atoms with Crippen molar-refractivity contribution in [3.8, 4) is 0 Å². The van der Waals surface area contributed by atoms with Crippen molar-refractivity contribution in [1.29, 1.82) is 0 Å². The van der Waals surface area contributed by atoms with E-state index in [4.69, 9.17) is 9.47 Å². The molecule has 4 atom stereocenters. The zero-order valence-electron chi connectivity index (χ0n) is 17.2. The smallest absolute Gasteiger partial charge is 0.271 e. The number of rotatable bonds is 3. The van der Waals surface area contributed by atoms with Crippen LogP contribution in [0.2, 0.25) is 0 Å². The van der Waals surface area contributed by atoms with E-state index < -0.39 is 4.92 Å². The van der Waals surface area contributed by atoms with Gasteiger partial charge >= 0.3 is 0 Å². The molecular formula is C20H27N3O6. The number of benzene rings is 1. The predicted octanol–water partition coefficient (Wildman–Crippen LogP) is 2.09. The maximum atomic E-state index is 13.0. The lowest BCUT2D eigenvalue weighted by Crippen LogP contribution is -2.48. The first-order valence-corrected chi connectivity index (χ1v) is 9.83. The third-order valence-corrected chi connectivity index (χ3v) is 5.04. The van der Waals surface area contributed by atoms with Crippen LogP contribution in [0, 0.1) is 10.1 Å². The molecule has 0 bridgehead atoms. The summed E-state index contributed by atoms with van der Waals surface area (Å²) in [5.41, 5.74) is -0.000625. The summed E-state index contributed by atoms with van der Waals surface area (Å²) in [5.74, 6) is -0.679. The molecule has 2 saturated heterocycles. The predicted molar refractivity (Wildman–Crippen MR) is 105 cm³/mol. The van der Waals surface area contributed by atoms with Crippen LogP contribution in [0.15, 0.2) is 18.2 Å². The van der Waals surface area contributed by atoms with Gasteiger partial charge < -0.3 is 19.3 Å². The minimum Gasteiger partial charge on any atom is -0.372 e. The van der Waals surface area contributed by atoms with Crippen molar-refractivity contribution >= 4 is 17.5 Å². The number of nitro groups is 1. The van der Waals surface area contributed by atoms with E-state index in [1.54, 1.807) is 9.80 Å². The summed E-state index contributed by atoms with van der Waals surface area (Å²) >= 11 is 0. The second-order valence-electron chi connectivity index (χ2n) is 7.96. The molecule has 29 heavy (non-hydrogen) atoms. The molecule has 2 heterocycles. The minimum atomic E-state index is -0.581. The van der Waals surface area contributed by atoms with Crippen molar-refractivity contribution < 1.29 is 24.0 Å². The highest BCUT2D eigenvalue weighted by Gasteiger charge is 2.31. The van der Waals surface area contributed by atoms with E-state index in [0.717, 1.165) is 0 Å². The molecule has 3 rings (SSSR count). The maximum absolute atomic E-state index is 13.0. The highest BCUT2D eigenvalue weighted by Crippen LogP contribution is 2.23. The van der Waals surface area contributed by atoms with Crippen LogP contribution in [-0.2, 0) is 9.47 Å². The molecule has 0 saturated carbocycles. The number of amides is 2. The normalized spacial score (nSPS) is 27.6. The number of non-ortho nitro benzene ring substituents is 1. The van der Waals surface area contributed by atoms with E-state index in [9.17, 15) is 19.7 Å². The number of nitro benzene ring substituents is 1. The summed E-state index contributed by atoms with van der Waals surface area (Å²) in [5, 5.41) is 11.4. The Labute approximate surface area is 169 Å². The molecule has 9 heteroatoms. The van der Waals surface area contributed by atoms with Gasteiger partial charge in [-0.15, -0.1) is 0 Å². The Morgan fingerprint density at radius 1 is 0.828 bits per heavy atom. The fourth-order valence-electron chi connectivity index (χ4n) is 4.02. The zero-order valence-corrected chi connectivity index (χ0v) is 17.2. The van der Waals surface area contributed by atoms with Gasteiger partial charge in [0.15, 0.2) is 0 Å². The van der Waals surface area contributed by atoms with E-state index in [-0.39, 0.29) is 53.0 Å². The van der Waals surface area contributed by atoms with Crippen LogP contribution in [0.1, 0.15) is 48.4 Å². The van der Waals surface area contributed by atoms with Crippen LogP contribution >= 0.6 is 0 Å². The number of ether oxygens (including phenoxy) is 2. The topological polar surface area (TPSA) is 102 Å². The second kappa shape index (κ2) is 8.46. The number of nitrogens with zero attached hydrogens (tertiary/aromatic N) is 3. The van der Waals surface area contributed by atoms with Crippen molar-refractivity contribution in [1.82, 2.24) is 9.80 Å². The number of morpholine rings is 2. The summed E-state index contributed by atoms with van der Waals surface area (Å²) in [6.07, 6.45) is -0.504. The van der Waals surface area contributed by atoms with Crippen molar-refractivity contribution in [3.63, 3.8) is 0 Å². The Balaban J connectivity index is 1.90. The molecule has 0 N–H and O–H groups in total. The molecule has 1 aromatic rings. The average molecular weight is 405 g/mol. The van der Waals surface area contributed by atoms with E-state index in [1.807, 2.05) is 27.7 Å². The van der Waals surface area contributed by atoms with Crippen LogP contribution in [-0.4, -0.2) is 77.1 Å². The Hall–Kier alpha value is -2.52. The fourth-order valence-corrected chi connectivity index (χ4v) is 4.02. The first kappa shape index (κ1) is 21.2. The van der Waals surface area contributed by atoms with Crippen LogP contribution in [0.3, 0.4) is 0 Å². The molecule has 9 nitrogen and oxygen atoms in total. The Kier molecular flexibility index (Phi) is 6.18. The summed E-state index contributed by atoms with van der Waals surface area (Å²) in [4.78, 5) is 40.1. The molecule has 0 radical (unpaired) electrons. The summed E-state index contributed by atoms with van der Waals surface area (Å²) in [6.45, 7) is 9.08. The average Bonchev–Trinajstić information content (AvgIpc) is 2.64. The van der Waals surface area contributed by atoms with Crippen molar-refractivity contribution in [2.45, 2.75) is 52.1 Å². The van der Waals surface area contributed by atoms with Gasteiger partial charge in [0.1, 0.15) is 0 Å². The van der Waals surface area contributed by atoms with Crippen LogP contribution in [0.25, 0.3) is 0 Å². The van der Waals surface area contributed by atoms with Crippen molar-refractivity contribution in [3.05, 3.63) is 39.4 Å². The zero-order chi connectivity index (χ0) is 21.3. The molecule has 2 amide bonds. The van der Waals surface area contributed by atoms with Crippen molar-refractivity contribution in [2.75, 3.05) is 26.2 Å². The van der Waals surface area contributed by atoms with Gasteiger partial charge in [0.05, 0.1) is 29.3 Å². The SMILES string of the molecule is C[C@@H]1CN(C(=O)c2cc(C(=O)N3C[C@@H](C)O[C@@H](C)C3)cc([N+](=O)[O-])c2)C[C@H](C)O1. The second-order valence-corrected chi connectivity index (χ2v) is 7.96. The monoisotopic (exact) mass is 405 g/mol. The van der Waals surface area contributed by atoms with E-state index in [0.29, 0.717) is 26.2 Å². The fraction of sp³-hybridized carbons (Fsp3) is 0.600. The molecule has 0 aromatic heterocycles. The standard InChI is InChI=1S/C20H27N3O6/c1-12-8-21(9-13(2)28-12)19(24)16-5-17(7-18(6-16)23(26)27)20(25)22-10-14(3)29-15(4)11-22/h5-7,12-15H,8-11H2,1-4H3/t12-,13+,14-,15+. The molecule has 2 fully saturated rings. The third kappa shape index (κ3) is 4.91. The van der Waals surface area contributed by atoms with Gasteiger partial charge in [0.25, 0.3) is 17.5 Å². The Bertz CT molecular complexity index is 737. The van der Waals surface area contributed by atoms with Gasteiger partial charge in [-0.05, 0) is 33.8 Å². The Morgan fingerprint density at radius 2 is 1.17 bits per heavy atom. The van der Waals surface area contributed by atoms with Gasteiger partial charge in [0, 0.05) is 49.4 Å². The van der Waals surface area contributed by atoms with E-state index >= 15 is 0 Å². The van der Waals surface area contributed by atoms with Crippen LogP contribution < -0.4 is 0 Å². The molecule has 0 unspecified atom stereocenters. The lowest BCUT2D eigenvalue weighted by Gasteiger charge is -2.36. The third-order valence-electron chi connectivity index (χ3n) is 5.04. The van der Waals surface area contributed by atoms with Gasteiger partial charge in [-0.2, -0.15) is 0 Å². The highest BCUT2D eigenvalue weighted by atomic mass is 16.6. The number of carbonyl (C=O) groups is 2. The largest absolute Gasteiger partial charge is 0.372 e. The van der Waals surface area contributed by atoms with E-state index in [1.165, 1.54) is 18.2 Å². The van der Waals surface area contributed by atoms with E-state index in [2.05, 4.69) is 0 Å². The lowest BCUT2D eigenvalue weighted by molar-refractivity contribution is -0.384. The van der Waals surface area contributed by atoms with Gasteiger partial charge in [-0.25, -0.2) is 0 Å².